The molecule has 2 aliphatic rings. The summed E-state index contributed by atoms with van der Waals surface area (Å²) in [6.07, 6.45) is 9.51. The van der Waals surface area contributed by atoms with Gasteiger partial charge in [-0.15, -0.1) is 0 Å². The zero-order valence-electron chi connectivity index (χ0n) is 10.7. The van der Waals surface area contributed by atoms with E-state index in [1.165, 1.54) is 44.9 Å². The van der Waals surface area contributed by atoms with Crippen molar-refractivity contribution in [3.05, 3.63) is 0 Å². The highest BCUT2D eigenvalue weighted by Gasteiger charge is 2.50. The molecule has 2 saturated carbocycles. The Morgan fingerprint density at radius 2 is 1.80 bits per heavy atom. The molecule has 0 amide bonds. The minimum Gasteiger partial charge on any atom is -0.324 e. The molecule has 0 aromatic heterocycles. The van der Waals surface area contributed by atoms with Crippen LogP contribution in [0.5, 0.6) is 0 Å². The predicted molar refractivity (Wildman–Crippen MR) is 65.7 cm³/mol. The Bertz CT molecular complexity index is 233. The van der Waals surface area contributed by atoms with E-state index in [-0.39, 0.29) is 5.54 Å². The minimum atomic E-state index is 0.141. The molecule has 0 aromatic carbocycles. The van der Waals surface area contributed by atoms with Gasteiger partial charge in [0.25, 0.3) is 0 Å². The van der Waals surface area contributed by atoms with Crippen molar-refractivity contribution in [2.24, 2.45) is 23.0 Å². The Labute approximate surface area is 94.8 Å². The Balaban J connectivity index is 2.14. The summed E-state index contributed by atoms with van der Waals surface area (Å²) in [4.78, 5) is 0. The fourth-order valence-corrected chi connectivity index (χ4v) is 4.05. The molecule has 0 aromatic rings. The lowest BCUT2D eigenvalue weighted by Gasteiger charge is -2.47. The lowest BCUT2D eigenvalue weighted by atomic mass is 9.62. The van der Waals surface area contributed by atoms with Gasteiger partial charge in [0.05, 0.1) is 0 Å². The van der Waals surface area contributed by atoms with E-state index in [0.29, 0.717) is 5.41 Å². The first-order chi connectivity index (χ1) is 6.96. The molecular formula is C14H27N. The van der Waals surface area contributed by atoms with E-state index < -0.39 is 0 Å². The highest BCUT2D eigenvalue weighted by molar-refractivity contribution is 5.07. The first-order valence-corrected chi connectivity index (χ1v) is 6.74. The molecule has 2 aliphatic carbocycles. The van der Waals surface area contributed by atoms with Gasteiger partial charge in [0.15, 0.2) is 0 Å². The van der Waals surface area contributed by atoms with Crippen molar-refractivity contribution >= 4 is 0 Å². The second-order valence-electron chi connectivity index (χ2n) is 6.75. The van der Waals surface area contributed by atoms with E-state index in [0.717, 1.165) is 11.8 Å². The standard InChI is InChI=1S/C14H27N/c1-11-6-4-7-12(10-11)14(15)9-5-8-13(14,2)3/h11-12H,4-10,15H2,1-3H3. The second-order valence-corrected chi connectivity index (χ2v) is 6.75. The summed E-state index contributed by atoms with van der Waals surface area (Å²) in [6.45, 7) is 7.18. The van der Waals surface area contributed by atoms with Crippen LogP contribution < -0.4 is 5.73 Å². The fraction of sp³-hybridized carbons (Fsp3) is 1.00. The molecule has 1 nitrogen and oxygen atoms in total. The Hall–Kier alpha value is -0.0400. The summed E-state index contributed by atoms with van der Waals surface area (Å²) < 4.78 is 0. The molecule has 0 heterocycles. The normalized spacial score (nSPS) is 45.6. The summed E-state index contributed by atoms with van der Waals surface area (Å²) in [6, 6.07) is 0. The third kappa shape index (κ3) is 1.84. The van der Waals surface area contributed by atoms with Crippen LogP contribution in [-0.2, 0) is 0 Å². The van der Waals surface area contributed by atoms with Crippen LogP contribution in [0.15, 0.2) is 0 Å². The molecule has 88 valence electrons. The van der Waals surface area contributed by atoms with Crippen molar-refractivity contribution in [1.82, 2.24) is 0 Å². The molecule has 0 aliphatic heterocycles. The monoisotopic (exact) mass is 209 g/mol. The SMILES string of the molecule is CC1CCCC(C2(N)CCCC2(C)C)C1. The van der Waals surface area contributed by atoms with Gasteiger partial charge in [-0.25, -0.2) is 0 Å². The average Bonchev–Trinajstić information content (AvgIpc) is 2.43. The smallest absolute Gasteiger partial charge is 0.0234 e. The molecule has 0 bridgehead atoms. The van der Waals surface area contributed by atoms with Crippen molar-refractivity contribution in [1.29, 1.82) is 0 Å². The minimum absolute atomic E-state index is 0.141. The van der Waals surface area contributed by atoms with E-state index >= 15 is 0 Å². The van der Waals surface area contributed by atoms with Crippen LogP contribution in [0.4, 0.5) is 0 Å². The van der Waals surface area contributed by atoms with Gasteiger partial charge in [0, 0.05) is 5.54 Å². The van der Waals surface area contributed by atoms with Crippen molar-refractivity contribution in [2.45, 2.75) is 71.3 Å². The maximum atomic E-state index is 6.77. The highest BCUT2D eigenvalue weighted by atomic mass is 14.8. The predicted octanol–water partition coefficient (Wildman–Crippen LogP) is 3.72. The van der Waals surface area contributed by atoms with Crippen molar-refractivity contribution in [3.63, 3.8) is 0 Å². The molecule has 2 rings (SSSR count). The quantitative estimate of drug-likeness (QED) is 0.700. The molecular weight excluding hydrogens is 182 g/mol. The third-order valence-corrected chi connectivity index (χ3v) is 5.32. The van der Waals surface area contributed by atoms with Crippen molar-refractivity contribution in [3.8, 4) is 0 Å². The Kier molecular flexibility index (Phi) is 2.87. The second kappa shape index (κ2) is 3.76. The van der Waals surface area contributed by atoms with Crippen molar-refractivity contribution < 1.29 is 0 Å². The van der Waals surface area contributed by atoms with E-state index in [2.05, 4.69) is 20.8 Å². The number of rotatable bonds is 1. The van der Waals surface area contributed by atoms with Gasteiger partial charge < -0.3 is 5.73 Å². The molecule has 15 heavy (non-hydrogen) atoms. The van der Waals surface area contributed by atoms with E-state index in [1.807, 2.05) is 0 Å². The topological polar surface area (TPSA) is 26.0 Å². The van der Waals surface area contributed by atoms with Crippen molar-refractivity contribution in [2.75, 3.05) is 0 Å². The maximum absolute atomic E-state index is 6.77. The zero-order chi connectivity index (χ0) is 11.1. The number of hydrogen-bond donors (Lipinski definition) is 1. The first kappa shape index (κ1) is 11.4. The van der Waals surface area contributed by atoms with E-state index in [4.69, 9.17) is 5.73 Å². The van der Waals surface area contributed by atoms with E-state index in [1.54, 1.807) is 0 Å². The molecule has 3 atom stereocenters. The van der Waals surface area contributed by atoms with Gasteiger partial charge in [-0.2, -0.15) is 0 Å². The molecule has 0 spiro atoms. The lowest BCUT2D eigenvalue weighted by Crippen LogP contribution is -2.55. The van der Waals surface area contributed by atoms with Crippen LogP contribution in [-0.4, -0.2) is 5.54 Å². The average molecular weight is 209 g/mol. The summed E-state index contributed by atoms with van der Waals surface area (Å²) in [7, 11) is 0. The van der Waals surface area contributed by atoms with Crippen LogP contribution in [0.1, 0.15) is 65.7 Å². The molecule has 0 radical (unpaired) electrons. The van der Waals surface area contributed by atoms with Gasteiger partial charge in [-0.1, -0.05) is 40.0 Å². The largest absolute Gasteiger partial charge is 0.324 e. The van der Waals surface area contributed by atoms with Crippen LogP contribution in [0.2, 0.25) is 0 Å². The summed E-state index contributed by atoms with van der Waals surface area (Å²) >= 11 is 0. The Morgan fingerprint density at radius 3 is 2.33 bits per heavy atom. The molecule has 2 fully saturated rings. The van der Waals surface area contributed by atoms with Gasteiger partial charge in [0.1, 0.15) is 0 Å². The summed E-state index contributed by atoms with van der Waals surface area (Å²) in [5.41, 5.74) is 7.28. The summed E-state index contributed by atoms with van der Waals surface area (Å²) in [5.74, 6) is 1.69. The van der Waals surface area contributed by atoms with Gasteiger partial charge in [0.2, 0.25) is 0 Å². The van der Waals surface area contributed by atoms with Crippen LogP contribution in [0.3, 0.4) is 0 Å². The van der Waals surface area contributed by atoms with Crippen LogP contribution in [0, 0.1) is 17.3 Å². The highest BCUT2D eigenvalue weighted by Crippen LogP contribution is 2.52. The zero-order valence-corrected chi connectivity index (χ0v) is 10.7. The first-order valence-electron chi connectivity index (χ1n) is 6.74. The lowest BCUT2D eigenvalue weighted by molar-refractivity contribution is 0.0849. The number of nitrogens with two attached hydrogens (primary N) is 1. The van der Waals surface area contributed by atoms with Gasteiger partial charge in [-0.05, 0) is 42.9 Å². The molecule has 2 N–H and O–H groups in total. The van der Waals surface area contributed by atoms with Crippen LogP contribution >= 0.6 is 0 Å². The fourth-order valence-electron chi connectivity index (χ4n) is 4.05. The molecule has 1 heteroatoms. The Morgan fingerprint density at radius 1 is 1.07 bits per heavy atom. The van der Waals surface area contributed by atoms with Gasteiger partial charge >= 0.3 is 0 Å². The molecule has 3 unspecified atom stereocenters. The van der Waals surface area contributed by atoms with Gasteiger partial charge in [-0.3, -0.25) is 0 Å². The van der Waals surface area contributed by atoms with Crippen LogP contribution in [0.25, 0.3) is 0 Å². The third-order valence-electron chi connectivity index (χ3n) is 5.32. The molecule has 0 saturated heterocycles. The summed E-state index contributed by atoms with van der Waals surface area (Å²) in [5, 5.41) is 0. The van der Waals surface area contributed by atoms with E-state index in [9.17, 15) is 0 Å². The maximum Gasteiger partial charge on any atom is 0.0234 e. The number of hydrogen-bond acceptors (Lipinski definition) is 1.